The average molecular weight is 458 g/mol. The van der Waals surface area contributed by atoms with E-state index in [1.165, 1.54) is 38.5 Å². The Bertz CT molecular complexity index is 1170. The number of anilines is 1. The van der Waals surface area contributed by atoms with Crippen molar-refractivity contribution < 1.29 is 33.7 Å². The first-order valence-electron chi connectivity index (χ1n) is 9.76. The molecular formula is C23H20ClNO7. The van der Waals surface area contributed by atoms with Crippen molar-refractivity contribution in [2.24, 2.45) is 5.92 Å². The molecule has 2 N–H and O–H groups in total. The van der Waals surface area contributed by atoms with Crippen molar-refractivity contribution in [1.82, 2.24) is 0 Å². The Kier molecular flexibility index (Phi) is 5.34. The summed E-state index contributed by atoms with van der Waals surface area (Å²) in [5.74, 6) is -2.01. The molecule has 0 saturated heterocycles. The fourth-order valence-electron chi connectivity index (χ4n) is 4.10. The number of ketones is 2. The first-order valence-corrected chi connectivity index (χ1v) is 10.1. The van der Waals surface area contributed by atoms with Crippen LogP contribution in [0.3, 0.4) is 0 Å². The molecule has 1 aliphatic carbocycles. The highest BCUT2D eigenvalue weighted by atomic mass is 35.5. The highest BCUT2D eigenvalue weighted by Gasteiger charge is 2.60. The number of carboxylic acid groups (broad SMARTS) is 1. The number of rotatable bonds is 5. The van der Waals surface area contributed by atoms with Gasteiger partial charge in [-0.3, -0.25) is 9.59 Å². The molecular weight excluding hydrogens is 438 g/mol. The van der Waals surface area contributed by atoms with Crippen LogP contribution in [0.2, 0.25) is 5.02 Å². The van der Waals surface area contributed by atoms with E-state index >= 15 is 0 Å². The van der Waals surface area contributed by atoms with E-state index in [4.69, 9.17) is 30.9 Å². The molecule has 2 aliphatic rings. The Hall–Kier alpha value is -3.52. The lowest BCUT2D eigenvalue weighted by atomic mass is 9.74. The maximum Gasteiger partial charge on any atom is 0.335 e. The van der Waals surface area contributed by atoms with Gasteiger partial charge in [-0.1, -0.05) is 18.5 Å². The molecule has 0 fully saturated rings. The quantitative estimate of drug-likeness (QED) is 0.649. The third-order valence-corrected chi connectivity index (χ3v) is 6.10. The maximum atomic E-state index is 13.5. The number of allylic oxidation sites excluding steroid dienone is 1. The van der Waals surface area contributed by atoms with Crippen LogP contribution in [0.1, 0.15) is 34.1 Å². The first kappa shape index (κ1) is 21.7. The monoisotopic (exact) mass is 457 g/mol. The van der Waals surface area contributed by atoms with Gasteiger partial charge >= 0.3 is 5.97 Å². The summed E-state index contributed by atoms with van der Waals surface area (Å²) in [7, 11) is 2.84. The van der Waals surface area contributed by atoms with Crippen LogP contribution in [0.5, 0.6) is 17.2 Å². The van der Waals surface area contributed by atoms with Crippen molar-refractivity contribution in [3.05, 3.63) is 58.3 Å². The molecule has 4 rings (SSSR count). The van der Waals surface area contributed by atoms with Crippen LogP contribution < -0.4 is 19.5 Å². The summed E-state index contributed by atoms with van der Waals surface area (Å²) in [5, 5.41) is 12.2. The van der Waals surface area contributed by atoms with Gasteiger partial charge in [0.15, 0.2) is 5.75 Å². The molecule has 1 aliphatic heterocycles. The van der Waals surface area contributed by atoms with Crippen molar-refractivity contribution >= 4 is 34.8 Å². The largest absolute Gasteiger partial charge is 0.496 e. The molecule has 2 aromatic carbocycles. The SMILES string of the molecule is COc1cc(OC)c2c(c1Cl)O[C@@]1(C(=O)C=C(Nc3ccc(C(=O)O)cc3)C[C@H]1C)C2=O. The minimum atomic E-state index is -1.75. The zero-order chi connectivity index (χ0) is 23.2. The van der Waals surface area contributed by atoms with E-state index in [-0.39, 0.29) is 33.4 Å². The van der Waals surface area contributed by atoms with Gasteiger partial charge < -0.3 is 24.6 Å². The third kappa shape index (κ3) is 3.18. The van der Waals surface area contributed by atoms with Crippen molar-refractivity contribution in [3.63, 3.8) is 0 Å². The number of hydrogen-bond donors (Lipinski definition) is 2. The Labute approximate surface area is 188 Å². The molecule has 0 unspecified atom stereocenters. The van der Waals surface area contributed by atoms with Crippen molar-refractivity contribution in [2.75, 3.05) is 19.5 Å². The molecule has 1 spiro atoms. The van der Waals surface area contributed by atoms with Gasteiger partial charge in [-0.15, -0.1) is 0 Å². The molecule has 9 heteroatoms. The van der Waals surface area contributed by atoms with Gasteiger partial charge in [-0.05, 0) is 30.7 Å². The molecule has 0 saturated carbocycles. The van der Waals surface area contributed by atoms with Gasteiger partial charge in [0, 0.05) is 29.4 Å². The molecule has 1 heterocycles. The lowest BCUT2D eigenvalue weighted by Crippen LogP contribution is -2.55. The summed E-state index contributed by atoms with van der Waals surface area (Å²) in [6.45, 7) is 1.75. The molecule has 166 valence electrons. The Balaban J connectivity index is 1.67. The van der Waals surface area contributed by atoms with E-state index in [9.17, 15) is 14.4 Å². The Morgan fingerprint density at radius 1 is 1.19 bits per heavy atom. The highest BCUT2D eigenvalue weighted by molar-refractivity contribution is 6.36. The van der Waals surface area contributed by atoms with Crippen LogP contribution in [-0.2, 0) is 4.79 Å². The smallest absolute Gasteiger partial charge is 0.335 e. The van der Waals surface area contributed by atoms with E-state index in [0.717, 1.165) is 0 Å². The number of carboxylic acids is 1. The zero-order valence-electron chi connectivity index (χ0n) is 17.5. The van der Waals surface area contributed by atoms with E-state index < -0.39 is 29.1 Å². The number of hydrogen-bond acceptors (Lipinski definition) is 7. The fraction of sp³-hybridized carbons (Fsp3) is 0.261. The number of halogens is 1. The van der Waals surface area contributed by atoms with Crippen molar-refractivity contribution in [2.45, 2.75) is 18.9 Å². The predicted octanol–water partition coefficient (Wildman–Crippen LogP) is 3.97. The highest BCUT2D eigenvalue weighted by Crippen LogP contribution is 2.53. The first-order chi connectivity index (χ1) is 15.2. The van der Waals surface area contributed by atoms with E-state index in [1.807, 2.05) is 0 Å². The summed E-state index contributed by atoms with van der Waals surface area (Å²) in [5.41, 5.74) is -0.273. The number of ether oxygens (including phenoxy) is 3. The van der Waals surface area contributed by atoms with Crippen LogP contribution in [0.4, 0.5) is 5.69 Å². The Morgan fingerprint density at radius 3 is 2.41 bits per heavy atom. The third-order valence-electron chi connectivity index (χ3n) is 5.75. The second-order valence-corrected chi connectivity index (χ2v) is 7.99. The molecule has 0 radical (unpaired) electrons. The lowest BCUT2D eigenvalue weighted by molar-refractivity contribution is -0.129. The summed E-state index contributed by atoms with van der Waals surface area (Å²) in [6, 6.07) is 7.62. The van der Waals surface area contributed by atoms with E-state index in [1.54, 1.807) is 19.1 Å². The molecule has 2 aromatic rings. The summed E-state index contributed by atoms with van der Waals surface area (Å²) < 4.78 is 16.6. The van der Waals surface area contributed by atoms with Gasteiger partial charge in [-0.25, -0.2) is 4.79 Å². The number of nitrogens with one attached hydrogen (secondary N) is 1. The summed E-state index contributed by atoms with van der Waals surface area (Å²) >= 11 is 6.38. The molecule has 32 heavy (non-hydrogen) atoms. The van der Waals surface area contributed by atoms with Crippen LogP contribution in [0.25, 0.3) is 0 Å². The summed E-state index contributed by atoms with van der Waals surface area (Å²) in [4.78, 5) is 37.7. The topological polar surface area (TPSA) is 111 Å². The average Bonchev–Trinajstić information content (AvgIpc) is 3.08. The Morgan fingerprint density at radius 2 is 1.84 bits per heavy atom. The van der Waals surface area contributed by atoms with Crippen LogP contribution in [-0.4, -0.2) is 42.5 Å². The van der Waals surface area contributed by atoms with Gasteiger partial charge in [0.1, 0.15) is 22.1 Å². The van der Waals surface area contributed by atoms with E-state index in [2.05, 4.69) is 5.32 Å². The number of carbonyl (C=O) groups is 3. The molecule has 0 aromatic heterocycles. The zero-order valence-corrected chi connectivity index (χ0v) is 18.3. The predicted molar refractivity (Wildman–Crippen MR) is 116 cm³/mol. The van der Waals surface area contributed by atoms with Crippen molar-refractivity contribution in [3.8, 4) is 17.2 Å². The molecule has 0 amide bonds. The standard InChI is InChI=1S/C23H20ClNO7/c1-11-8-14(25-13-6-4-12(5-7-13)22(28)29)9-17(26)23(11)21(27)18-15(30-2)10-16(31-3)19(24)20(18)32-23/h4-7,9-11,25H,8H2,1-3H3,(H,28,29)/t11-,23+/m1/s1. The van der Waals surface area contributed by atoms with Gasteiger partial charge in [0.05, 0.1) is 19.8 Å². The van der Waals surface area contributed by atoms with Crippen LogP contribution >= 0.6 is 11.6 Å². The second kappa shape index (κ2) is 7.87. The lowest BCUT2D eigenvalue weighted by Gasteiger charge is -2.35. The minimum Gasteiger partial charge on any atom is -0.496 e. The van der Waals surface area contributed by atoms with Crippen LogP contribution in [0.15, 0.2) is 42.1 Å². The minimum absolute atomic E-state index is 0.0714. The van der Waals surface area contributed by atoms with Gasteiger partial charge in [-0.2, -0.15) is 0 Å². The number of benzene rings is 2. The normalized spacial score (nSPS) is 21.6. The molecule has 2 atom stereocenters. The fourth-order valence-corrected chi connectivity index (χ4v) is 4.36. The molecule has 0 bridgehead atoms. The number of aromatic carboxylic acids is 1. The summed E-state index contributed by atoms with van der Waals surface area (Å²) in [6.07, 6.45) is 1.68. The molecule has 8 nitrogen and oxygen atoms in total. The van der Waals surface area contributed by atoms with Gasteiger partial charge in [0.2, 0.25) is 17.2 Å². The van der Waals surface area contributed by atoms with E-state index in [0.29, 0.717) is 17.8 Å². The number of methoxy groups -OCH3 is 2. The van der Waals surface area contributed by atoms with Gasteiger partial charge in [0.25, 0.3) is 0 Å². The number of fused-ring (bicyclic) bond motifs is 1. The maximum absolute atomic E-state index is 13.5. The second-order valence-electron chi connectivity index (χ2n) is 7.61. The van der Waals surface area contributed by atoms with Crippen molar-refractivity contribution in [1.29, 1.82) is 0 Å². The number of Topliss-reactive ketones (excluding diaryl/α,β-unsaturated/α-hetero) is 1. The van der Waals surface area contributed by atoms with Crippen LogP contribution in [0, 0.1) is 5.92 Å². The number of carbonyl (C=O) groups excluding carboxylic acids is 2.